The lowest BCUT2D eigenvalue weighted by molar-refractivity contribution is -0.116. The van der Waals surface area contributed by atoms with Crippen molar-refractivity contribution in [2.75, 3.05) is 11.9 Å². The number of amides is 1. The van der Waals surface area contributed by atoms with Gasteiger partial charge in [0.05, 0.1) is 17.8 Å². The van der Waals surface area contributed by atoms with Crippen molar-refractivity contribution in [3.63, 3.8) is 0 Å². The lowest BCUT2D eigenvalue weighted by Crippen LogP contribution is -2.33. The Morgan fingerprint density at radius 3 is 2.43 bits per heavy atom. The number of anilines is 1. The van der Waals surface area contributed by atoms with Crippen LogP contribution in [0.25, 0.3) is 5.82 Å². The molecule has 0 bridgehead atoms. The van der Waals surface area contributed by atoms with Gasteiger partial charge in [0.15, 0.2) is 5.11 Å². The number of nitrogens with one attached hydrogen (secondary N) is 2. The molecule has 5 rings (SSSR count). The van der Waals surface area contributed by atoms with Crippen LogP contribution in [0.3, 0.4) is 0 Å². The zero-order chi connectivity index (χ0) is 25.9. The highest BCUT2D eigenvalue weighted by atomic mass is 32.1. The van der Waals surface area contributed by atoms with Crippen molar-refractivity contribution in [1.29, 1.82) is 0 Å². The Balaban J connectivity index is 1.47. The van der Waals surface area contributed by atoms with Crippen molar-refractivity contribution in [3.05, 3.63) is 107 Å². The van der Waals surface area contributed by atoms with E-state index in [2.05, 4.69) is 50.0 Å². The van der Waals surface area contributed by atoms with E-state index < -0.39 is 0 Å². The van der Waals surface area contributed by atoms with Gasteiger partial charge in [-0.15, -0.1) is 0 Å². The first-order valence-electron chi connectivity index (χ1n) is 12.4. The third kappa shape index (κ3) is 4.97. The number of hydrogen-bond acceptors (Lipinski definition) is 4. The molecular weight excluding hydrogens is 480 g/mol. The van der Waals surface area contributed by atoms with Crippen molar-refractivity contribution < 1.29 is 4.79 Å². The minimum atomic E-state index is -0.147. The van der Waals surface area contributed by atoms with Gasteiger partial charge < -0.3 is 20.1 Å². The third-order valence-electron chi connectivity index (χ3n) is 6.86. The molecule has 0 aliphatic carbocycles. The number of para-hydroxylation sites is 1. The molecule has 4 aromatic rings. The van der Waals surface area contributed by atoms with E-state index in [-0.39, 0.29) is 18.0 Å². The summed E-state index contributed by atoms with van der Waals surface area (Å²) in [5.41, 5.74) is 6.07. The SMILES string of the molecule is Cc1ccccc1NC(=O)CCN1C(=S)N[C@H](c2ccccn2)[C@H]1c1cc(C)n(-c2ccccn2)c1C. The Morgan fingerprint density at radius 2 is 1.73 bits per heavy atom. The second-order valence-corrected chi connectivity index (χ2v) is 9.67. The molecule has 2 N–H and O–H groups in total. The van der Waals surface area contributed by atoms with Gasteiger partial charge in [-0.25, -0.2) is 4.98 Å². The molecule has 1 fully saturated rings. The number of pyridine rings is 2. The van der Waals surface area contributed by atoms with Crippen LogP contribution < -0.4 is 10.6 Å². The maximum Gasteiger partial charge on any atom is 0.226 e. The minimum absolute atomic E-state index is 0.0453. The summed E-state index contributed by atoms with van der Waals surface area (Å²) in [6.45, 7) is 6.66. The molecule has 0 radical (unpaired) electrons. The molecule has 0 saturated carbocycles. The molecule has 0 spiro atoms. The van der Waals surface area contributed by atoms with Gasteiger partial charge in [0.2, 0.25) is 5.91 Å². The van der Waals surface area contributed by atoms with Crippen molar-refractivity contribution in [3.8, 4) is 5.82 Å². The number of aryl methyl sites for hydroxylation is 2. The molecular formula is C29H30N6OS. The maximum absolute atomic E-state index is 12.9. The first-order chi connectivity index (χ1) is 17.9. The van der Waals surface area contributed by atoms with E-state index in [1.165, 1.54) is 0 Å². The highest BCUT2D eigenvalue weighted by Crippen LogP contribution is 2.41. The summed E-state index contributed by atoms with van der Waals surface area (Å²) in [6, 6.07) is 21.5. The summed E-state index contributed by atoms with van der Waals surface area (Å²) in [6.07, 6.45) is 3.91. The largest absolute Gasteiger partial charge is 0.352 e. The van der Waals surface area contributed by atoms with Crippen LogP contribution in [0.4, 0.5) is 5.69 Å². The minimum Gasteiger partial charge on any atom is -0.352 e. The zero-order valence-corrected chi connectivity index (χ0v) is 22.0. The Kier molecular flexibility index (Phi) is 7.01. The van der Waals surface area contributed by atoms with Crippen LogP contribution in [0.5, 0.6) is 0 Å². The summed E-state index contributed by atoms with van der Waals surface area (Å²) in [5.74, 6) is 0.826. The molecule has 4 heterocycles. The van der Waals surface area contributed by atoms with Gasteiger partial charge in [-0.1, -0.05) is 30.3 Å². The van der Waals surface area contributed by atoms with Crippen LogP contribution in [0, 0.1) is 20.8 Å². The topological polar surface area (TPSA) is 75.1 Å². The fourth-order valence-corrected chi connectivity index (χ4v) is 5.39. The van der Waals surface area contributed by atoms with Gasteiger partial charge in [-0.2, -0.15) is 0 Å². The van der Waals surface area contributed by atoms with Crippen molar-refractivity contribution in [2.24, 2.45) is 0 Å². The van der Waals surface area contributed by atoms with Gasteiger partial charge in [-0.05, 0) is 80.5 Å². The van der Waals surface area contributed by atoms with E-state index in [0.717, 1.165) is 39.7 Å². The molecule has 188 valence electrons. The second kappa shape index (κ2) is 10.5. The average Bonchev–Trinajstić information content (AvgIpc) is 3.39. The molecule has 1 amide bonds. The quantitative estimate of drug-likeness (QED) is 0.333. The first kappa shape index (κ1) is 24.6. The molecule has 1 aliphatic heterocycles. The summed E-state index contributed by atoms with van der Waals surface area (Å²) in [4.78, 5) is 24.2. The Bertz CT molecular complexity index is 1420. The van der Waals surface area contributed by atoms with E-state index in [1.54, 1.807) is 12.4 Å². The van der Waals surface area contributed by atoms with E-state index in [4.69, 9.17) is 12.2 Å². The predicted molar refractivity (Wildman–Crippen MR) is 150 cm³/mol. The Hall–Kier alpha value is -4.04. The number of thiocarbonyl (C=S) groups is 1. The van der Waals surface area contributed by atoms with E-state index in [9.17, 15) is 4.79 Å². The number of benzene rings is 1. The molecule has 1 aliphatic rings. The summed E-state index contributed by atoms with van der Waals surface area (Å²) in [5, 5.41) is 7.14. The number of rotatable bonds is 7. The highest BCUT2D eigenvalue weighted by molar-refractivity contribution is 7.80. The molecule has 1 aromatic carbocycles. The standard InChI is InChI=1S/C29H30N6OS/c1-19-10-4-5-11-23(19)32-26(36)14-17-34-28(27(33-29(34)37)24-12-6-8-15-30-24)22-18-20(2)35(21(22)3)25-13-7-9-16-31-25/h4-13,15-16,18,27-28H,14,17H2,1-3H3,(H,32,36)(H,33,37)/t27-,28-/m1/s1. The molecule has 37 heavy (non-hydrogen) atoms. The van der Waals surface area contributed by atoms with Gasteiger partial charge in [0.1, 0.15) is 5.82 Å². The van der Waals surface area contributed by atoms with E-state index in [1.807, 2.05) is 67.6 Å². The summed E-state index contributed by atoms with van der Waals surface area (Å²) >= 11 is 5.81. The van der Waals surface area contributed by atoms with Crippen molar-refractivity contribution in [1.82, 2.24) is 24.8 Å². The predicted octanol–water partition coefficient (Wildman–Crippen LogP) is 5.19. The first-order valence-corrected chi connectivity index (χ1v) is 12.8. The van der Waals surface area contributed by atoms with E-state index in [0.29, 0.717) is 18.1 Å². The van der Waals surface area contributed by atoms with Crippen molar-refractivity contribution >= 4 is 28.9 Å². The molecule has 0 unspecified atom stereocenters. The lowest BCUT2D eigenvalue weighted by atomic mass is 9.96. The monoisotopic (exact) mass is 510 g/mol. The van der Waals surface area contributed by atoms with Gasteiger partial charge in [-0.3, -0.25) is 9.78 Å². The van der Waals surface area contributed by atoms with Crippen molar-refractivity contribution in [2.45, 2.75) is 39.3 Å². The van der Waals surface area contributed by atoms with Gasteiger partial charge in [0, 0.05) is 42.4 Å². The van der Waals surface area contributed by atoms with Crippen LogP contribution in [0.15, 0.2) is 79.1 Å². The Morgan fingerprint density at radius 1 is 1.00 bits per heavy atom. The fourth-order valence-electron chi connectivity index (χ4n) is 5.06. The lowest BCUT2D eigenvalue weighted by Gasteiger charge is -2.28. The van der Waals surface area contributed by atoms with E-state index >= 15 is 0 Å². The normalized spacial score (nSPS) is 17.1. The highest BCUT2D eigenvalue weighted by Gasteiger charge is 2.41. The van der Waals surface area contributed by atoms with Crippen LogP contribution in [-0.2, 0) is 4.79 Å². The number of carbonyl (C=O) groups excluding carboxylic acids is 1. The fraction of sp³-hybridized carbons (Fsp3) is 0.241. The molecule has 8 heteroatoms. The number of carbonyl (C=O) groups is 1. The number of nitrogens with zero attached hydrogens (tertiary/aromatic N) is 4. The molecule has 1 saturated heterocycles. The molecule has 3 aromatic heterocycles. The number of hydrogen-bond donors (Lipinski definition) is 2. The van der Waals surface area contributed by atoms with Crippen LogP contribution in [0.2, 0.25) is 0 Å². The zero-order valence-electron chi connectivity index (χ0n) is 21.2. The molecule has 2 atom stereocenters. The number of aromatic nitrogens is 3. The molecule has 7 nitrogen and oxygen atoms in total. The van der Waals surface area contributed by atoms with Gasteiger partial charge in [0.25, 0.3) is 0 Å². The maximum atomic E-state index is 12.9. The second-order valence-electron chi connectivity index (χ2n) is 9.28. The third-order valence-corrected chi connectivity index (χ3v) is 7.22. The van der Waals surface area contributed by atoms with Gasteiger partial charge >= 0.3 is 0 Å². The Labute approximate surface area is 222 Å². The van der Waals surface area contributed by atoms with Crippen LogP contribution in [-0.4, -0.2) is 37.0 Å². The van der Waals surface area contributed by atoms with Crippen LogP contribution >= 0.6 is 12.2 Å². The summed E-state index contributed by atoms with van der Waals surface area (Å²) in [7, 11) is 0. The van der Waals surface area contributed by atoms with Crippen LogP contribution in [0.1, 0.15) is 46.7 Å². The summed E-state index contributed by atoms with van der Waals surface area (Å²) < 4.78 is 2.16. The average molecular weight is 511 g/mol. The smallest absolute Gasteiger partial charge is 0.226 e.